The lowest BCUT2D eigenvalue weighted by Crippen LogP contribution is -2.00. The highest BCUT2D eigenvalue weighted by molar-refractivity contribution is 6.31. The second kappa shape index (κ2) is 6.23. The molecule has 19 heavy (non-hydrogen) atoms. The minimum atomic E-state index is -0.617. The molecule has 2 aromatic rings. The van der Waals surface area contributed by atoms with Crippen molar-refractivity contribution in [3.8, 4) is 0 Å². The van der Waals surface area contributed by atoms with Gasteiger partial charge in [0.25, 0.3) is 0 Å². The van der Waals surface area contributed by atoms with Crippen LogP contribution in [0.2, 0.25) is 5.02 Å². The van der Waals surface area contributed by atoms with Crippen LogP contribution in [0.1, 0.15) is 41.7 Å². The quantitative estimate of drug-likeness (QED) is 0.858. The number of aliphatic hydroxyl groups excluding tert-OH is 1. The van der Waals surface area contributed by atoms with Crippen molar-refractivity contribution in [2.45, 2.75) is 32.8 Å². The van der Waals surface area contributed by atoms with Crippen molar-refractivity contribution in [2.75, 3.05) is 0 Å². The Hall–Kier alpha value is -1.31. The van der Waals surface area contributed by atoms with Crippen molar-refractivity contribution < 1.29 is 5.11 Å². The molecule has 0 radical (unpaired) electrons. The Balaban J connectivity index is 2.22. The van der Waals surface area contributed by atoms with Gasteiger partial charge in [-0.1, -0.05) is 61.3 Å². The highest BCUT2D eigenvalue weighted by Crippen LogP contribution is 2.26. The van der Waals surface area contributed by atoms with Crippen LogP contribution in [0.15, 0.2) is 42.5 Å². The Morgan fingerprint density at radius 3 is 2.26 bits per heavy atom. The zero-order valence-corrected chi connectivity index (χ0v) is 12.1. The van der Waals surface area contributed by atoms with Crippen LogP contribution >= 0.6 is 11.6 Å². The molecule has 2 heteroatoms. The summed E-state index contributed by atoms with van der Waals surface area (Å²) in [6.07, 6.45) is 1.59. The number of halogens is 1. The van der Waals surface area contributed by atoms with Gasteiger partial charge in [0.1, 0.15) is 6.10 Å². The number of rotatable bonds is 4. The summed E-state index contributed by atoms with van der Waals surface area (Å²) in [7, 11) is 0. The molecular formula is C17H19ClO. The first-order chi connectivity index (χ1) is 9.11. The fraction of sp³-hybridized carbons (Fsp3) is 0.294. The molecule has 0 aliphatic rings. The van der Waals surface area contributed by atoms with Crippen molar-refractivity contribution in [1.29, 1.82) is 0 Å². The zero-order valence-electron chi connectivity index (χ0n) is 11.4. The first kappa shape index (κ1) is 14.1. The zero-order chi connectivity index (χ0) is 13.8. The van der Waals surface area contributed by atoms with Gasteiger partial charge in [-0.2, -0.15) is 0 Å². The third kappa shape index (κ3) is 3.37. The molecule has 0 amide bonds. The molecule has 0 bridgehead atoms. The van der Waals surface area contributed by atoms with E-state index >= 15 is 0 Å². The first-order valence-corrected chi connectivity index (χ1v) is 7.02. The fourth-order valence-electron chi connectivity index (χ4n) is 2.13. The number of hydrogen-bond donors (Lipinski definition) is 1. The van der Waals surface area contributed by atoms with Gasteiger partial charge in [-0.3, -0.25) is 0 Å². The summed E-state index contributed by atoms with van der Waals surface area (Å²) in [5.41, 5.74) is 4.06. The van der Waals surface area contributed by atoms with Crippen LogP contribution in [0.4, 0.5) is 0 Å². The average molecular weight is 275 g/mol. The Bertz CT molecular complexity index is 546. The maximum absolute atomic E-state index is 10.4. The minimum absolute atomic E-state index is 0.617. The summed E-state index contributed by atoms with van der Waals surface area (Å²) in [6.45, 7) is 4.12. The van der Waals surface area contributed by atoms with Crippen LogP contribution in [-0.2, 0) is 6.42 Å². The average Bonchev–Trinajstić information content (AvgIpc) is 2.42. The summed E-state index contributed by atoms with van der Waals surface area (Å²) < 4.78 is 0. The van der Waals surface area contributed by atoms with E-state index in [1.54, 1.807) is 0 Å². The predicted molar refractivity (Wildman–Crippen MR) is 80.7 cm³/mol. The molecule has 1 unspecified atom stereocenters. The second-order valence-corrected chi connectivity index (χ2v) is 5.31. The van der Waals surface area contributed by atoms with Crippen molar-refractivity contribution in [3.05, 3.63) is 69.7 Å². The largest absolute Gasteiger partial charge is 0.384 e. The molecule has 1 N–H and O–H groups in total. The van der Waals surface area contributed by atoms with E-state index in [0.29, 0.717) is 5.02 Å². The molecule has 2 aromatic carbocycles. The topological polar surface area (TPSA) is 20.2 Å². The molecule has 0 aliphatic heterocycles. The smallest absolute Gasteiger partial charge is 0.104 e. The van der Waals surface area contributed by atoms with Gasteiger partial charge in [0.2, 0.25) is 0 Å². The van der Waals surface area contributed by atoms with Crippen molar-refractivity contribution in [2.24, 2.45) is 0 Å². The van der Waals surface area contributed by atoms with E-state index in [1.807, 2.05) is 37.3 Å². The molecule has 0 saturated carbocycles. The van der Waals surface area contributed by atoms with Crippen LogP contribution < -0.4 is 0 Å². The molecular weight excluding hydrogens is 256 g/mol. The summed E-state index contributed by atoms with van der Waals surface area (Å²) >= 11 is 6.10. The van der Waals surface area contributed by atoms with E-state index < -0.39 is 6.10 Å². The SMILES string of the molecule is CCCc1ccc(C(O)c2ccc(C)c(Cl)c2)cc1. The second-order valence-electron chi connectivity index (χ2n) is 4.90. The van der Waals surface area contributed by atoms with Gasteiger partial charge < -0.3 is 5.11 Å². The molecule has 2 rings (SSSR count). The molecule has 0 fully saturated rings. The molecule has 0 aromatic heterocycles. The maximum atomic E-state index is 10.4. The molecule has 1 atom stereocenters. The van der Waals surface area contributed by atoms with Crippen LogP contribution in [0.3, 0.4) is 0 Å². The van der Waals surface area contributed by atoms with Crippen LogP contribution in [0.25, 0.3) is 0 Å². The summed E-state index contributed by atoms with van der Waals surface area (Å²) in [6, 6.07) is 13.8. The van der Waals surface area contributed by atoms with Gasteiger partial charge in [0, 0.05) is 5.02 Å². The molecule has 0 heterocycles. The fourth-order valence-corrected chi connectivity index (χ4v) is 2.32. The molecule has 0 saturated heterocycles. The van der Waals surface area contributed by atoms with E-state index in [0.717, 1.165) is 29.5 Å². The van der Waals surface area contributed by atoms with Gasteiger partial charge in [-0.15, -0.1) is 0 Å². The Labute approximate surface area is 119 Å². The van der Waals surface area contributed by atoms with E-state index in [1.165, 1.54) is 5.56 Å². The van der Waals surface area contributed by atoms with Crippen LogP contribution in [-0.4, -0.2) is 5.11 Å². The molecule has 0 aliphatic carbocycles. The third-order valence-corrected chi connectivity index (χ3v) is 3.75. The van der Waals surface area contributed by atoms with Gasteiger partial charge in [0.05, 0.1) is 0 Å². The van der Waals surface area contributed by atoms with Gasteiger partial charge in [0.15, 0.2) is 0 Å². The van der Waals surface area contributed by atoms with Gasteiger partial charge >= 0.3 is 0 Å². The van der Waals surface area contributed by atoms with E-state index in [2.05, 4.69) is 19.1 Å². The minimum Gasteiger partial charge on any atom is -0.384 e. The van der Waals surface area contributed by atoms with E-state index in [9.17, 15) is 5.11 Å². The Kier molecular flexibility index (Phi) is 4.62. The Morgan fingerprint density at radius 1 is 1.05 bits per heavy atom. The first-order valence-electron chi connectivity index (χ1n) is 6.64. The standard InChI is InChI=1S/C17H19ClO/c1-3-4-13-6-9-14(10-7-13)17(19)15-8-5-12(2)16(18)11-15/h5-11,17,19H,3-4H2,1-2H3. The van der Waals surface area contributed by atoms with E-state index in [-0.39, 0.29) is 0 Å². The van der Waals surface area contributed by atoms with Crippen LogP contribution in [0, 0.1) is 6.92 Å². The van der Waals surface area contributed by atoms with Crippen molar-refractivity contribution >= 4 is 11.6 Å². The van der Waals surface area contributed by atoms with Crippen LogP contribution in [0.5, 0.6) is 0 Å². The molecule has 1 nitrogen and oxygen atoms in total. The lowest BCUT2D eigenvalue weighted by Gasteiger charge is -2.13. The third-order valence-electron chi connectivity index (χ3n) is 3.35. The van der Waals surface area contributed by atoms with Crippen molar-refractivity contribution in [1.82, 2.24) is 0 Å². The maximum Gasteiger partial charge on any atom is 0.104 e. The number of aliphatic hydroxyl groups is 1. The number of hydrogen-bond acceptors (Lipinski definition) is 1. The predicted octanol–water partition coefficient (Wildman–Crippen LogP) is 4.68. The summed E-state index contributed by atoms with van der Waals surface area (Å²) in [5, 5.41) is 11.1. The number of aryl methyl sites for hydroxylation is 2. The highest BCUT2D eigenvalue weighted by atomic mass is 35.5. The van der Waals surface area contributed by atoms with Crippen molar-refractivity contribution in [3.63, 3.8) is 0 Å². The number of benzene rings is 2. The summed E-state index contributed by atoms with van der Waals surface area (Å²) in [5.74, 6) is 0. The normalized spacial score (nSPS) is 12.4. The highest BCUT2D eigenvalue weighted by Gasteiger charge is 2.11. The monoisotopic (exact) mass is 274 g/mol. The van der Waals surface area contributed by atoms with E-state index in [4.69, 9.17) is 11.6 Å². The lowest BCUT2D eigenvalue weighted by molar-refractivity contribution is 0.220. The summed E-state index contributed by atoms with van der Waals surface area (Å²) in [4.78, 5) is 0. The van der Waals surface area contributed by atoms with Gasteiger partial charge in [-0.25, -0.2) is 0 Å². The van der Waals surface area contributed by atoms with Gasteiger partial charge in [-0.05, 0) is 41.7 Å². The Morgan fingerprint density at radius 2 is 1.68 bits per heavy atom. The lowest BCUT2D eigenvalue weighted by atomic mass is 9.98. The molecule has 100 valence electrons. The molecule has 0 spiro atoms.